The summed E-state index contributed by atoms with van der Waals surface area (Å²) < 4.78 is 0. The van der Waals surface area contributed by atoms with Gasteiger partial charge in [0.05, 0.1) is 11.8 Å². The van der Waals surface area contributed by atoms with Crippen LogP contribution >= 0.6 is 11.8 Å². The van der Waals surface area contributed by atoms with Crippen LogP contribution in [0.3, 0.4) is 0 Å². The highest BCUT2D eigenvalue weighted by atomic mass is 32.2. The molecule has 1 unspecified atom stereocenters. The van der Waals surface area contributed by atoms with Gasteiger partial charge in [0.2, 0.25) is 0 Å². The lowest BCUT2D eigenvalue weighted by Crippen LogP contribution is -2.21. The first-order valence-electron chi connectivity index (χ1n) is 5.74. The summed E-state index contributed by atoms with van der Waals surface area (Å²) in [4.78, 5) is 11.4. The highest BCUT2D eigenvalue weighted by Crippen LogP contribution is 2.40. The Hall–Kier alpha value is -0.110. The Morgan fingerprint density at radius 1 is 1.50 bits per heavy atom. The van der Waals surface area contributed by atoms with Crippen molar-refractivity contribution in [2.75, 3.05) is 5.75 Å². The minimum absolute atomic E-state index is 0.283. The Labute approximate surface area is 92.0 Å². The van der Waals surface area contributed by atoms with E-state index in [4.69, 9.17) is 0 Å². The molecule has 0 amide bonds. The van der Waals surface area contributed by atoms with Gasteiger partial charge in [0.25, 0.3) is 0 Å². The zero-order valence-corrected chi connectivity index (χ0v) is 10.2. The van der Waals surface area contributed by atoms with Gasteiger partial charge in [-0.1, -0.05) is 13.3 Å². The Morgan fingerprint density at radius 3 is 2.93 bits per heavy atom. The van der Waals surface area contributed by atoms with Gasteiger partial charge in [-0.3, -0.25) is 4.79 Å². The molecule has 2 heteroatoms. The summed E-state index contributed by atoms with van der Waals surface area (Å²) in [5.74, 6) is 1.87. The highest BCUT2D eigenvalue weighted by Gasteiger charge is 2.39. The number of carbonyl (C=O) groups is 1. The first-order valence-corrected chi connectivity index (χ1v) is 6.73. The van der Waals surface area contributed by atoms with Crippen LogP contribution in [0.5, 0.6) is 0 Å². The molecule has 1 saturated carbocycles. The molecule has 80 valence electrons. The number of hydrogen-bond donors (Lipinski definition) is 0. The molecule has 0 aliphatic heterocycles. The predicted molar refractivity (Wildman–Crippen MR) is 63.2 cm³/mol. The number of ketones is 1. The first-order chi connectivity index (χ1) is 6.75. The minimum atomic E-state index is 0.283. The van der Waals surface area contributed by atoms with Crippen molar-refractivity contribution in [2.45, 2.75) is 52.4 Å². The fraction of sp³-hybridized carbons (Fsp3) is 0.833. The number of unbranched alkanes of at least 4 members (excludes halogenated alkanes) is 1. The molecule has 1 aliphatic rings. The summed E-state index contributed by atoms with van der Waals surface area (Å²) in [5, 5.41) is 1.47. The molecule has 0 heterocycles. The molecule has 14 heavy (non-hydrogen) atoms. The van der Waals surface area contributed by atoms with E-state index in [0.717, 1.165) is 6.42 Å². The van der Waals surface area contributed by atoms with Crippen molar-refractivity contribution in [1.82, 2.24) is 0 Å². The second kappa shape index (κ2) is 6.39. The Balaban J connectivity index is 2.34. The highest BCUT2D eigenvalue weighted by molar-refractivity contribution is 8.02. The molecule has 1 atom stereocenters. The van der Waals surface area contributed by atoms with Crippen molar-refractivity contribution in [3.8, 4) is 0 Å². The zero-order chi connectivity index (χ0) is 10.4. The molecule has 1 aliphatic carbocycles. The average Bonchev–Trinajstić information content (AvgIpc) is 2.19. The quantitative estimate of drug-likeness (QED) is 0.510. The number of Topliss-reactive ketones (excluding diaryl/α,β-unsaturated/α-hetero) is 1. The van der Waals surface area contributed by atoms with Gasteiger partial charge in [0.15, 0.2) is 17.0 Å². The van der Waals surface area contributed by atoms with Gasteiger partial charge in [-0.25, -0.2) is 0 Å². The second-order valence-corrected chi connectivity index (χ2v) is 5.30. The lowest BCUT2D eigenvalue weighted by molar-refractivity contribution is -0.120. The van der Waals surface area contributed by atoms with Gasteiger partial charge in [0.1, 0.15) is 6.42 Å². The number of hydrogen-bond acceptors (Lipinski definition) is 2. The smallest absolute Gasteiger partial charge is 0.178 e. The standard InChI is InChI=1S/C12H21OS/c1-3-4-9-14-12-8-6-5-7-11(12)10(2)13/h11H,3-9H2,1-2H3/q+1. The van der Waals surface area contributed by atoms with Crippen LogP contribution in [0.1, 0.15) is 52.4 Å². The van der Waals surface area contributed by atoms with Gasteiger partial charge >= 0.3 is 0 Å². The summed E-state index contributed by atoms with van der Waals surface area (Å²) >= 11 is 1.95. The van der Waals surface area contributed by atoms with E-state index in [9.17, 15) is 4.79 Å². The molecule has 0 bridgehead atoms. The van der Waals surface area contributed by atoms with Crippen molar-refractivity contribution in [1.29, 1.82) is 0 Å². The Bertz CT molecular complexity index is 179. The van der Waals surface area contributed by atoms with E-state index in [0.29, 0.717) is 5.78 Å². The lowest BCUT2D eigenvalue weighted by Gasteiger charge is -2.18. The van der Waals surface area contributed by atoms with E-state index >= 15 is 0 Å². The van der Waals surface area contributed by atoms with E-state index in [1.165, 1.54) is 43.1 Å². The maximum absolute atomic E-state index is 11.4. The van der Waals surface area contributed by atoms with Crippen LogP contribution in [0.15, 0.2) is 0 Å². The van der Waals surface area contributed by atoms with Crippen LogP contribution in [-0.4, -0.2) is 11.5 Å². The number of thioether (sulfide) groups is 1. The normalized spacial score (nSPS) is 22.4. The molecular weight excluding hydrogens is 192 g/mol. The molecular formula is C12H21OS+. The van der Waals surface area contributed by atoms with Gasteiger partial charge in [0, 0.05) is 5.75 Å². The van der Waals surface area contributed by atoms with Crippen LogP contribution in [0.4, 0.5) is 0 Å². The van der Waals surface area contributed by atoms with Crippen molar-refractivity contribution >= 4 is 17.5 Å². The molecule has 0 N–H and O–H groups in total. The molecule has 0 aromatic rings. The topological polar surface area (TPSA) is 17.1 Å². The molecule has 0 radical (unpaired) electrons. The maximum Gasteiger partial charge on any atom is 0.178 e. The Kier molecular flexibility index (Phi) is 5.46. The zero-order valence-electron chi connectivity index (χ0n) is 9.34. The molecule has 1 fully saturated rings. The average molecular weight is 213 g/mol. The van der Waals surface area contributed by atoms with Gasteiger partial charge in [-0.05, 0) is 32.6 Å². The lowest BCUT2D eigenvalue weighted by atomic mass is 9.86. The van der Waals surface area contributed by atoms with Gasteiger partial charge in [-0.2, -0.15) is 0 Å². The summed E-state index contributed by atoms with van der Waals surface area (Å²) in [6.45, 7) is 3.96. The fourth-order valence-corrected chi connectivity index (χ4v) is 3.40. The second-order valence-electron chi connectivity index (χ2n) is 4.08. The van der Waals surface area contributed by atoms with Crippen LogP contribution in [0, 0.1) is 11.2 Å². The SMILES string of the molecule is CCCCS[C+]1CCCCC1C(C)=O. The van der Waals surface area contributed by atoms with Crippen molar-refractivity contribution in [3.63, 3.8) is 0 Å². The molecule has 1 nitrogen and oxygen atoms in total. The van der Waals surface area contributed by atoms with Gasteiger partial charge in [-0.15, -0.1) is 0 Å². The van der Waals surface area contributed by atoms with Crippen LogP contribution < -0.4 is 0 Å². The fourth-order valence-electron chi connectivity index (χ4n) is 1.93. The minimum Gasteiger partial charge on any atom is -0.295 e. The largest absolute Gasteiger partial charge is 0.295 e. The molecule has 0 saturated heterocycles. The monoisotopic (exact) mass is 213 g/mol. The summed E-state index contributed by atoms with van der Waals surface area (Å²) in [6.07, 6.45) is 7.34. The van der Waals surface area contributed by atoms with E-state index in [-0.39, 0.29) is 5.92 Å². The summed E-state index contributed by atoms with van der Waals surface area (Å²) in [7, 11) is 0. The van der Waals surface area contributed by atoms with Crippen LogP contribution in [-0.2, 0) is 4.79 Å². The van der Waals surface area contributed by atoms with Gasteiger partial charge < -0.3 is 0 Å². The first kappa shape index (κ1) is 12.0. The predicted octanol–water partition coefficient (Wildman–Crippen LogP) is 3.83. The third-order valence-electron chi connectivity index (χ3n) is 2.83. The Morgan fingerprint density at radius 2 is 2.29 bits per heavy atom. The number of rotatable bonds is 5. The maximum atomic E-state index is 11.4. The molecule has 0 aromatic carbocycles. The van der Waals surface area contributed by atoms with Crippen LogP contribution in [0.2, 0.25) is 0 Å². The third-order valence-corrected chi connectivity index (χ3v) is 4.18. The van der Waals surface area contributed by atoms with Crippen molar-refractivity contribution < 1.29 is 4.79 Å². The number of carbonyl (C=O) groups excluding carboxylic acids is 1. The summed E-state index contributed by atoms with van der Waals surface area (Å²) in [5.41, 5.74) is 0. The van der Waals surface area contributed by atoms with Crippen molar-refractivity contribution in [2.24, 2.45) is 5.92 Å². The van der Waals surface area contributed by atoms with E-state index in [1.54, 1.807) is 6.92 Å². The van der Waals surface area contributed by atoms with Crippen LogP contribution in [0.25, 0.3) is 0 Å². The molecule has 0 aromatic heterocycles. The van der Waals surface area contributed by atoms with E-state index in [2.05, 4.69) is 6.92 Å². The van der Waals surface area contributed by atoms with E-state index in [1.807, 2.05) is 11.8 Å². The molecule has 0 spiro atoms. The molecule has 1 rings (SSSR count). The van der Waals surface area contributed by atoms with Crippen molar-refractivity contribution in [3.05, 3.63) is 5.25 Å². The van der Waals surface area contributed by atoms with E-state index < -0.39 is 0 Å². The summed E-state index contributed by atoms with van der Waals surface area (Å²) in [6, 6.07) is 0. The third kappa shape index (κ3) is 3.56.